The number of fused-ring (bicyclic) bond motifs is 1. The molecule has 0 spiro atoms. The standard InChI is InChI=1S/C23H24N6O/c1-3-17-7-5-8-19(29-24-11-12-25-29)22(17)23(30)27-13-10-18-14-28(20(18)15-27)21-9-4-6-16(2)26-21/h3-9,11-12,18,20H,1,10,13-15H2,2H3/t18-,20-/m0/s1. The molecule has 0 N–H and O–H groups in total. The number of likely N-dealkylation sites (tertiary alicyclic amines) is 1. The molecule has 1 amide bonds. The van der Waals surface area contributed by atoms with Gasteiger partial charge in [0.15, 0.2) is 0 Å². The summed E-state index contributed by atoms with van der Waals surface area (Å²) in [5, 5.41) is 8.46. The number of rotatable bonds is 4. The van der Waals surface area contributed by atoms with E-state index in [9.17, 15) is 4.79 Å². The van der Waals surface area contributed by atoms with Gasteiger partial charge in [-0.3, -0.25) is 4.79 Å². The van der Waals surface area contributed by atoms with Gasteiger partial charge in [0.1, 0.15) is 5.82 Å². The zero-order valence-electron chi connectivity index (χ0n) is 17.0. The maximum Gasteiger partial charge on any atom is 0.256 e. The molecule has 152 valence electrons. The molecule has 7 heteroatoms. The largest absolute Gasteiger partial charge is 0.351 e. The molecule has 1 aromatic carbocycles. The minimum absolute atomic E-state index is 0.000279. The van der Waals surface area contributed by atoms with Gasteiger partial charge < -0.3 is 9.80 Å². The molecule has 0 unspecified atom stereocenters. The molecular weight excluding hydrogens is 376 g/mol. The minimum Gasteiger partial charge on any atom is -0.351 e. The average molecular weight is 400 g/mol. The van der Waals surface area contributed by atoms with Gasteiger partial charge in [0.2, 0.25) is 0 Å². The minimum atomic E-state index is 0.000279. The summed E-state index contributed by atoms with van der Waals surface area (Å²) in [4.78, 5) is 24.1. The molecule has 0 aliphatic carbocycles. The fraction of sp³-hybridized carbons (Fsp3) is 0.304. The van der Waals surface area contributed by atoms with E-state index in [-0.39, 0.29) is 5.91 Å². The highest BCUT2D eigenvalue weighted by molar-refractivity contribution is 6.01. The number of anilines is 1. The topological polar surface area (TPSA) is 67.2 Å². The summed E-state index contributed by atoms with van der Waals surface area (Å²) >= 11 is 0. The van der Waals surface area contributed by atoms with Crippen LogP contribution in [0.5, 0.6) is 0 Å². The van der Waals surface area contributed by atoms with Gasteiger partial charge in [0.25, 0.3) is 5.91 Å². The number of amides is 1. The monoisotopic (exact) mass is 400 g/mol. The molecule has 7 nitrogen and oxygen atoms in total. The first kappa shape index (κ1) is 18.5. The van der Waals surface area contributed by atoms with E-state index in [4.69, 9.17) is 0 Å². The van der Waals surface area contributed by atoms with Crippen LogP contribution in [0.3, 0.4) is 0 Å². The summed E-state index contributed by atoms with van der Waals surface area (Å²) in [6.07, 6.45) is 5.95. The quantitative estimate of drug-likeness (QED) is 0.674. The highest BCUT2D eigenvalue weighted by atomic mass is 16.2. The van der Waals surface area contributed by atoms with Crippen molar-refractivity contribution in [3.63, 3.8) is 0 Å². The zero-order valence-corrected chi connectivity index (χ0v) is 17.0. The van der Waals surface area contributed by atoms with Crippen molar-refractivity contribution in [1.82, 2.24) is 24.9 Å². The van der Waals surface area contributed by atoms with Gasteiger partial charge in [-0.25, -0.2) is 4.98 Å². The SMILES string of the molecule is C=Cc1cccc(-n2nccn2)c1C(=O)N1CC[C@H]2CN(c3cccc(C)n3)[C@H]2C1. The van der Waals surface area contributed by atoms with Crippen molar-refractivity contribution < 1.29 is 4.79 Å². The normalized spacial score (nSPS) is 20.4. The molecule has 4 heterocycles. The van der Waals surface area contributed by atoms with E-state index in [1.54, 1.807) is 18.5 Å². The molecule has 5 rings (SSSR count). The second-order valence-corrected chi connectivity index (χ2v) is 7.92. The lowest BCUT2D eigenvalue weighted by atomic mass is 9.82. The van der Waals surface area contributed by atoms with Crippen molar-refractivity contribution in [2.24, 2.45) is 5.92 Å². The summed E-state index contributed by atoms with van der Waals surface area (Å²) in [5.74, 6) is 1.61. The number of nitrogens with zero attached hydrogens (tertiary/aromatic N) is 6. The van der Waals surface area contributed by atoms with Gasteiger partial charge in [0, 0.05) is 31.2 Å². The number of pyridine rings is 1. The van der Waals surface area contributed by atoms with E-state index >= 15 is 0 Å². The number of carbonyl (C=O) groups is 1. The first-order valence-corrected chi connectivity index (χ1v) is 10.3. The second kappa shape index (κ2) is 7.40. The van der Waals surface area contributed by atoms with Crippen LogP contribution in [0, 0.1) is 12.8 Å². The summed E-state index contributed by atoms with van der Waals surface area (Å²) in [6.45, 7) is 8.37. The van der Waals surface area contributed by atoms with Crippen LogP contribution in [-0.4, -0.2) is 56.5 Å². The van der Waals surface area contributed by atoms with Crippen molar-refractivity contribution in [2.75, 3.05) is 24.5 Å². The number of piperidine rings is 1. The first-order chi connectivity index (χ1) is 14.7. The number of aryl methyl sites for hydroxylation is 1. The van der Waals surface area contributed by atoms with Gasteiger partial charge in [-0.1, -0.05) is 30.9 Å². The molecule has 30 heavy (non-hydrogen) atoms. The Morgan fingerprint density at radius 3 is 2.70 bits per heavy atom. The van der Waals surface area contributed by atoms with Gasteiger partial charge in [-0.05, 0) is 37.1 Å². The lowest BCUT2D eigenvalue weighted by Crippen LogP contribution is -2.65. The van der Waals surface area contributed by atoms with E-state index in [2.05, 4.69) is 32.7 Å². The lowest BCUT2D eigenvalue weighted by molar-refractivity contribution is 0.0590. The Labute approximate surface area is 175 Å². The average Bonchev–Trinajstić information content (AvgIpc) is 3.28. The van der Waals surface area contributed by atoms with E-state index in [1.807, 2.05) is 42.2 Å². The van der Waals surface area contributed by atoms with Crippen LogP contribution in [0.25, 0.3) is 11.8 Å². The number of benzene rings is 1. The third-order valence-electron chi connectivity index (χ3n) is 6.15. The number of carbonyl (C=O) groups excluding carboxylic acids is 1. The molecule has 2 atom stereocenters. The summed E-state index contributed by atoms with van der Waals surface area (Å²) in [7, 11) is 0. The molecule has 2 aliphatic rings. The molecule has 0 bridgehead atoms. The Hall–Kier alpha value is -3.48. The van der Waals surface area contributed by atoms with Crippen molar-refractivity contribution in [1.29, 1.82) is 0 Å². The van der Waals surface area contributed by atoms with Crippen LogP contribution in [0.15, 0.2) is 55.4 Å². The Balaban J connectivity index is 1.43. The van der Waals surface area contributed by atoms with Crippen LogP contribution >= 0.6 is 0 Å². The van der Waals surface area contributed by atoms with Crippen molar-refractivity contribution in [2.45, 2.75) is 19.4 Å². The van der Waals surface area contributed by atoms with Gasteiger partial charge in [-0.15, -0.1) is 0 Å². The molecule has 2 fully saturated rings. The van der Waals surface area contributed by atoms with E-state index in [0.717, 1.165) is 36.6 Å². The fourth-order valence-corrected chi connectivity index (χ4v) is 4.56. The Morgan fingerprint density at radius 1 is 1.13 bits per heavy atom. The van der Waals surface area contributed by atoms with Crippen molar-refractivity contribution in [3.05, 3.63) is 72.2 Å². The van der Waals surface area contributed by atoms with Gasteiger partial charge >= 0.3 is 0 Å². The van der Waals surface area contributed by atoms with Crippen molar-refractivity contribution >= 4 is 17.8 Å². The number of aromatic nitrogens is 4. The van der Waals surface area contributed by atoms with E-state index in [0.29, 0.717) is 29.8 Å². The molecule has 3 aromatic rings. The first-order valence-electron chi connectivity index (χ1n) is 10.3. The maximum atomic E-state index is 13.6. The van der Waals surface area contributed by atoms with E-state index < -0.39 is 0 Å². The number of hydrogen-bond donors (Lipinski definition) is 0. The Kier molecular flexibility index (Phi) is 4.58. The Bertz CT molecular complexity index is 1090. The number of hydrogen-bond acceptors (Lipinski definition) is 5. The van der Waals surface area contributed by atoms with Crippen LogP contribution in [0.1, 0.15) is 28.0 Å². The third-order valence-corrected chi connectivity index (χ3v) is 6.15. The summed E-state index contributed by atoms with van der Waals surface area (Å²) in [6, 6.07) is 12.1. The molecule has 2 saturated heterocycles. The Morgan fingerprint density at radius 2 is 1.93 bits per heavy atom. The lowest BCUT2D eigenvalue weighted by Gasteiger charge is -2.54. The van der Waals surface area contributed by atoms with Crippen LogP contribution in [0.4, 0.5) is 5.82 Å². The summed E-state index contributed by atoms with van der Waals surface area (Å²) in [5.41, 5.74) is 3.08. The zero-order chi connectivity index (χ0) is 20.7. The molecule has 0 radical (unpaired) electrons. The van der Waals surface area contributed by atoms with E-state index in [1.165, 1.54) is 4.80 Å². The molecular formula is C23H24N6O. The van der Waals surface area contributed by atoms with Gasteiger partial charge in [-0.2, -0.15) is 15.0 Å². The predicted molar refractivity (Wildman–Crippen MR) is 116 cm³/mol. The molecule has 2 aliphatic heterocycles. The van der Waals surface area contributed by atoms with Gasteiger partial charge in [0.05, 0.1) is 29.7 Å². The predicted octanol–water partition coefficient (Wildman–Crippen LogP) is 2.96. The third kappa shape index (κ3) is 3.07. The maximum absolute atomic E-state index is 13.6. The van der Waals surface area contributed by atoms with Crippen LogP contribution < -0.4 is 4.90 Å². The van der Waals surface area contributed by atoms with Crippen LogP contribution in [0.2, 0.25) is 0 Å². The smallest absolute Gasteiger partial charge is 0.256 e. The fourth-order valence-electron chi connectivity index (χ4n) is 4.56. The molecule has 0 saturated carbocycles. The second-order valence-electron chi connectivity index (χ2n) is 7.92. The van der Waals surface area contributed by atoms with Crippen LogP contribution in [-0.2, 0) is 0 Å². The van der Waals surface area contributed by atoms with Crippen molar-refractivity contribution in [3.8, 4) is 5.69 Å². The summed E-state index contributed by atoms with van der Waals surface area (Å²) < 4.78 is 0. The highest BCUT2D eigenvalue weighted by Crippen LogP contribution is 2.36. The highest BCUT2D eigenvalue weighted by Gasteiger charge is 2.44. The molecule has 2 aromatic heterocycles.